The number of amides is 2. The molecule has 0 saturated carbocycles. The lowest BCUT2D eigenvalue weighted by Gasteiger charge is -2.20. The third-order valence-corrected chi connectivity index (χ3v) is 3.94. The highest BCUT2D eigenvalue weighted by molar-refractivity contribution is 5.97. The molecule has 3 N–H and O–H groups in total. The van der Waals surface area contributed by atoms with Gasteiger partial charge in [-0.05, 0) is 62.6 Å². The molecule has 2 rings (SSSR count). The van der Waals surface area contributed by atoms with Crippen LogP contribution in [-0.4, -0.2) is 23.9 Å². The first-order chi connectivity index (χ1) is 12.7. The molecule has 0 spiro atoms. The van der Waals surface area contributed by atoms with E-state index in [1.807, 2.05) is 39.0 Å². The number of anilines is 2. The minimum Gasteiger partial charge on any atom is -0.376 e. The predicted octanol–water partition coefficient (Wildman–Crippen LogP) is 4.39. The molecule has 0 aliphatic carbocycles. The van der Waals surface area contributed by atoms with E-state index < -0.39 is 0 Å². The largest absolute Gasteiger partial charge is 0.376 e. The summed E-state index contributed by atoms with van der Waals surface area (Å²) in [6.07, 6.45) is 0. The molecule has 0 unspecified atom stereocenters. The third-order valence-electron chi connectivity index (χ3n) is 3.94. The number of carbonyl (C=O) groups excluding carboxylic acids is 2. The molecule has 27 heavy (non-hydrogen) atoms. The summed E-state index contributed by atoms with van der Waals surface area (Å²) < 4.78 is 0. The molecular formula is C22H29N3O2. The maximum atomic E-state index is 12.2. The van der Waals surface area contributed by atoms with Crippen LogP contribution in [0.1, 0.15) is 56.5 Å². The van der Waals surface area contributed by atoms with Crippen molar-refractivity contribution in [1.82, 2.24) is 5.32 Å². The van der Waals surface area contributed by atoms with Gasteiger partial charge in [-0.15, -0.1) is 0 Å². The van der Waals surface area contributed by atoms with E-state index in [4.69, 9.17) is 0 Å². The second-order valence-electron chi connectivity index (χ2n) is 7.93. The van der Waals surface area contributed by atoms with Gasteiger partial charge in [-0.25, -0.2) is 0 Å². The van der Waals surface area contributed by atoms with Crippen molar-refractivity contribution in [2.24, 2.45) is 0 Å². The Bertz CT molecular complexity index is 790. The van der Waals surface area contributed by atoms with Crippen LogP contribution in [-0.2, 0) is 4.79 Å². The molecule has 5 nitrogen and oxygen atoms in total. The maximum Gasteiger partial charge on any atom is 0.251 e. The zero-order valence-corrected chi connectivity index (χ0v) is 16.7. The zero-order chi connectivity index (χ0) is 20.0. The van der Waals surface area contributed by atoms with Gasteiger partial charge in [0, 0.05) is 22.5 Å². The Balaban J connectivity index is 1.92. The molecule has 0 radical (unpaired) electrons. The van der Waals surface area contributed by atoms with Gasteiger partial charge in [0.25, 0.3) is 5.91 Å². The van der Waals surface area contributed by atoms with E-state index in [0.29, 0.717) is 17.2 Å². The van der Waals surface area contributed by atoms with Crippen molar-refractivity contribution in [2.45, 2.75) is 46.1 Å². The van der Waals surface area contributed by atoms with Gasteiger partial charge in [-0.1, -0.05) is 32.0 Å². The lowest BCUT2D eigenvalue weighted by molar-refractivity contribution is -0.114. The van der Waals surface area contributed by atoms with Gasteiger partial charge in [0.05, 0.1) is 6.54 Å². The van der Waals surface area contributed by atoms with Crippen LogP contribution < -0.4 is 16.0 Å². The molecule has 0 atom stereocenters. The first-order valence-electron chi connectivity index (χ1n) is 9.21. The van der Waals surface area contributed by atoms with Crippen molar-refractivity contribution >= 4 is 23.2 Å². The smallest absolute Gasteiger partial charge is 0.251 e. The van der Waals surface area contributed by atoms with Crippen molar-refractivity contribution in [2.75, 3.05) is 17.2 Å². The molecule has 5 heteroatoms. The van der Waals surface area contributed by atoms with Crippen molar-refractivity contribution < 1.29 is 9.59 Å². The molecule has 2 aromatic carbocycles. The molecule has 0 bridgehead atoms. The minimum absolute atomic E-state index is 0.132. The van der Waals surface area contributed by atoms with Gasteiger partial charge in [0.1, 0.15) is 0 Å². The van der Waals surface area contributed by atoms with Gasteiger partial charge in [-0.3, -0.25) is 9.59 Å². The fourth-order valence-corrected chi connectivity index (χ4v) is 2.66. The van der Waals surface area contributed by atoms with Gasteiger partial charge in [-0.2, -0.15) is 0 Å². The van der Waals surface area contributed by atoms with Gasteiger partial charge >= 0.3 is 0 Å². The summed E-state index contributed by atoms with van der Waals surface area (Å²) in [4.78, 5) is 24.4. The van der Waals surface area contributed by atoms with Crippen LogP contribution in [0.15, 0.2) is 48.5 Å². The van der Waals surface area contributed by atoms with Crippen LogP contribution in [0.4, 0.5) is 11.4 Å². The number of nitrogens with one attached hydrogen (secondary N) is 3. The van der Waals surface area contributed by atoms with Crippen molar-refractivity contribution in [3.8, 4) is 0 Å². The van der Waals surface area contributed by atoms with Gasteiger partial charge < -0.3 is 16.0 Å². The summed E-state index contributed by atoms with van der Waals surface area (Å²) in [6, 6.07) is 14.9. The van der Waals surface area contributed by atoms with E-state index in [2.05, 4.69) is 35.9 Å². The van der Waals surface area contributed by atoms with Crippen molar-refractivity contribution in [1.29, 1.82) is 0 Å². The topological polar surface area (TPSA) is 70.2 Å². The molecule has 144 valence electrons. The maximum absolute atomic E-state index is 12.2. The predicted molar refractivity (Wildman–Crippen MR) is 111 cm³/mol. The Morgan fingerprint density at radius 1 is 0.963 bits per heavy atom. The van der Waals surface area contributed by atoms with Crippen LogP contribution in [0.3, 0.4) is 0 Å². The zero-order valence-electron chi connectivity index (χ0n) is 16.7. The number of hydrogen-bond acceptors (Lipinski definition) is 3. The quantitative estimate of drug-likeness (QED) is 0.709. The summed E-state index contributed by atoms with van der Waals surface area (Å²) in [6.45, 7) is 10.2. The Labute approximate surface area is 161 Å². The van der Waals surface area contributed by atoms with E-state index in [0.717, 1.165) is 5.69 Å². The molecule has 2 aromatic rings. The summed E-state index contributed by atoms with van der Waals surface area (Å²) in [5.74, 6) is 0.108. The van der Waals surface area contributed by atoms with Gasteiger partial charge in [0.15, 0.2) is 0 Å². The summed E-state index contributed by atoms with van der Waals surface area (Å²) >= 11 is 0. The van der Waals surface area contributed by atoms with E-state index in [-0.39, 0.29) is 23.9 Å². The standard InChI is InChI=1S/C22H29N3O2/c1-15(2)18-8-6-7-9-19(18)23-14-20(26)24-17-12-10-16(11-13-17)21(27)25-22(3,4)5/h6-13,15,23H,14H2,1-5H3,(H,24,26)(H,25,27). The summed E-state index contributed by atoms with van der Waals surface area (Å²) in [5.41, 5.74) is 3.08. The highest BCUT2D eigenvalue weighted by Gasteiger charge is 2.15. The molecule has 0 aliphatic rings. The van der Waals surface area contributed by atoms with Crippen LogP contribution in [0.25, 0.3) is 0 Å². The SMILES string of the molecule is CC(C)c1ccccc1NCC(=O)Nc1ccc(C(=O)NC(C)(C)C)cc1. The average molecular weight is 367 g/mol. The second kappa shape index (κ2) is 8.71. The number of rotatable bonds is 6. The first-order valence-corrected chi connectivity index (χ1v) is 9.21. The second-order valence-corrected chi connectivity index (χ2v) is 7.93. The highest BCUT2D eigenvalue weighted by Crippen LogP contribution is 2.23. The van der Waals surface area contributed by atoms with E-state index in [9.17, 15) is 9.59 Å². The lowest BCUT2D eigenvalue weighted by atomic mass is 10.0. The summed E-state index contributed by atoms with van der Waals surface area (Å²) in [5, 5.41) is 8.95. The molecule has 0 saturated heterocycles. The third kappa shape index (κ3) is 6.44. The molecule has 2 amide bonds. The normalized spacial score (nSPS) is 11.2. The van der Waals surface area contributed by atoms with Crippen molar-refractivity contribution in [3.05, 3.63) is 59.7 Å². The lowest BCUT2D eigenvalue weighted by Crippen LogP contribution is -2.40. The fourth-order valence-electron chi connectivity index (χ4n) is 2.66. The van der Waals surface area contributed by atoms with Crippen LogP contribution in [0.2, 0.25) is 0 Å². The molecule has 0 aliphatic heterocycles. The number of para-hydroxylation sites is 1. The highest BCUT2D eigenvalue weighted by atomic mass is 16.2. The van der Waals surface area contributed by atoms with Crippen LogP contribution >= 0.6 is 0 Å². The molecule has 0 fully saturated rings. The molecule has 0 aromatic heterocycles. The fraction of sp³-hybridized carbons (Fsp3) is 0.364. The van der Waals surface area contributed by atoms with Crippen LogP contribution in [0, 0.1) is 0 Å². The van der Waals surface area contributed by atoms with Crippen LogP contribution in [0.5, 0.6) is 0 Å². The molecular weight excluding hydrogens is 338 g/mol. The van der Waals surface area contributed by atoms with E-state index >= 15 is 0 Å². The summed E-state index contributed by atoms with van der Waals surface area (Å²) in [7, 11) is 0. The van der Waals surface area contributed by atoms with E-state index in [1.165, 1.54) is 5.56 Å². The Kier molecular flexibility index (Phi) is 6.61. The Morgan fingerprint density at radius 3 is 2.19 bits per heavy atom. The Morgan fingerprint density at radius 2 is 1.59 bits per heavy atom. The Hall–Kier alpha value is -2.82. The first kappa shape index (κ1) is 20.5. The van der Waals surface area contributed by atoms with Crippen molar-refractivity contribution in [3.63, 3.8) is 0 Å². The monoisotopic (exact) mass is 367 g/mol. The van der Waals surface area contributed by atoms with E-state index in [1.54, 1.807) is 24.3 Å². The number of carbonyl (C=O) groups is 2. The van der Waals surface area contributed by atoms with Gasteiger partial charge in [0.2, 0.25) is 5.91 Å². The number of benzene rings is 2. The average Bonchev–Trinajstić information content (AvgIpc) is 2.59. The number of hydrogen-bond donors (Lipinski definition) is 3. The molecule has 0 heterocycles. The minimum atomic E-state index is -0.290.